The molecule has 50 heavy (non-hydrogen) atoms. The summed E-state index contributed by atoms with van der Waals surface area (Å²) >= 11 is 0. The minimum atomic E-state index is -1.99. The van der Waals surface area contributed by atoms with Gasteiger partial charge in [-0.15, -0.1) is 0 Å². The van der Waals surface area contributed by atoms with Gasteiger partial charge < -0.3 is 74.1 Å². The number of hydrogen-bond acceptors (Lipinski definition) is 17. The first kappa shape index (κ1) is 37.1. The second-order valence-electron chi connectivity index (χ2n) is 12.2. The summed E-state index contributed by atoms with van der Waals surface area (Å²) in [6, 6.07) is 5.24. The fourth-order valence-electron chi connectivity index (χ4n) is 5.72. The molecule has 17 heteroatoms. The Bertz CT molecular complexity index is 1720. The molecule has 3 aromatic rings. The van der Waals surface area contributed by atoms with E-state index >= 15 is 0 Å². The van der Waals surface area contributed by atoms with Crippen molar-refractivity contribution in [1.29, 1.82) is 0 Å². The standard InChI is InChI=1S/C33H40O17/c1-3-4-5-6-21(38)49-29-13(2)46-32(28(44)26(29)42)45-12-20-23(39)25(41)27(43)33(48-20)50-31-24(40)22-18(37)10-15(34)11-19(22)47-30(31)14-7-8-16(35)17(36)9-14/h7-11,13,20,23,25-29,32-37,39,41-44H,3-6,12H2,1-2H3. The number of aliphatic hydroxyl groups is 5. The molecular formula is C33H40O17. The zero-order chi connectivity index (χ0) is 36.4. The Hall–Kier alpha value is -4.20. The summed E-state index contributed by atoms with van der Waals surface area (Å²) in [6.07, 6.45) is -13.7. The first-order chi connectivity index (χ1) is 23.7. The third-order valence-electron chi connectivity index (χ3n) is 8.51. The summed E-state index contributed by atoms with van der Waals surface area (Å²) < 4.78 is 33.8. The Morgan fingerprint density at radius 1 is 0.820 bits per heavy atom. The highest BCUT2D eigenvalue weighted by Gasteiger charge is 2.49. The lowest BCUT2D eigenvalue weighted by Crippen LogP contribution is -2.62. The number of unbranched alkanes of at least 4 members (excludes halogenated alkanes) is 2. The maximum atomic E-state index is 13.7. The van der Waals surface area contributed by atoms with E-state index in [1.54, 1.807) is 0 Å². The van der Waals surface area contributed by atoms with Gasteiger partial charge in [-0.1, -0.05) is 19.8 Å². The first-order valence-electron chi connectivity index (χ1n) is 16.0. The molecule has 2 aromatic carbocycles. The molecule has 5 rings (SSSR count). The van der Waals surface area contributed by atoms with E-state index in [1.807, 2.05) is 6.92 Å². The number of carbonyl (C=O) groups excluding carboxylic acids is 1. The minimum Gasteiger partial charge on any atom is -0.508 e. The van der Waals surface area contributed by atoms with Crippen LogP contribution < -0.4 is 10.2 Å². The number of hydrogen-bond donors (Lipinski definition) is 9. The van der Waals surface area contributed by atoms with E-state index in [-0.39, 0.29) is 17.6 Å². The van der Waals surface area contributed by atoms with Crippen LogP contribution in [0.15, 0.2) is 39.5 Å². The third-order valence-corrected chi connectivity index (χ3v) is 8.51. The number of rotatable bonds is 11. The van der Waals surface area contributed by atoms with E-state index in [1.165, 1.54) is 13.0 Å². The average molecular weight is 709 g/mol. The Morgan fingerprint density at radius 3 is 2.24 bits per heavy atom. The van der Waals surface area contributed by atoms with Crippen molar-refractivity contribution in [3.05, 3.63) is 40.6 Å². The van der Waals surface area contributed by atoms with Crippen LogP contribution in [0.4, 0.5) is 0 Å². The van der Waals surface area contributed by atoms with Crippen molar-refractivity contribution < 1.29 is 78.9 Å². The van der Waals surface area contributed by atoms with Crippen LogP contribution in [-0.2, 0) is 23.7 Å². The van der Waals surface area contributed by atoms with E-state index in [2.05, 4.69) is 0 Å². The molecule has 2 aliphatic heterocycles. The lowest BCUT2D eigenvalue weighted by Gasteiger charge is -2.43. The smallest absolute Gasteiger partial charge is 0.306 e. The van der Waals surface area contributed by atoms with Crippen LogP contribution >= 0.6 is 0 Å². The molecule has 9 N–H and O–H groups in total. The fourth-order valence-corrected chi connectivity index (χ4v) is 5.72. The number of ether oxygens (including phenoxy) is 5. The van der Waals surface area contributed by atoms with Gasteiger partial charge in [0.1, 0.15) is 59.1 Å². The van der Waals surface area contributed by atoms with E-state index in [9.17, 15) is 55.5 Å². The molecular weight excluding hydrogens is 668 g/mol. The molecule has 10 unspecified atom stereocenters. The SMILES string of the molecule is CCCCCC(=O)OC1C(C)OC(OCC2OC(Oc3c(-c4ccc(O)c(O)c4)oc4cc(O)cc(O)c4c3=O)C(O)C(O)C2O)C(O)C1O. The number of fused-ring (bicyclic) bond motifs is 1. The molecule has 0 spiro atoms. The lowest BCUT2D eigenvalue weighted by atomic mass is 9.98. The lowest BCUT2D eigenvalue weighted by molar-refractivity contribution is -0.319. The number of phenols is 4. The van der Waals surface area contributed by atoms with Crippen LogP contribution in [0.25, 0.3) is 22.3 Å². The molecule has 1 aromatic heterocycles. The molecule has 0 radical (unpaired) electrons. The zero-order valence-corrected chi connectivity index (χ0v) is 27.0. The molecule has 0 bridgehead atoms. The average Bonchev–Trinajstić information content (AvgIpc) is 3.06. The van der Waals surface area contributed by atoms with E-state index in [0.717, 1.165) is 37.1 Å². The largest absolute Gasteiger partial charge is 0.508 e. The number of benzene rings is 2. The van der Waals surface area contributed by atoms with Crippen molar-refractivity contribution in [2.24, 2.45) is 0 Å². The Kier molecular flexibility index (Phi) is 11.4. The normalized spacial score (nSPS) is 29.9. The van der Waals surface area contributed by atoms with Gasteiger partial charge in [-0.25, -0.2) is 0 Å². The topological polar surface area (TPSA) is 275 Å². The molecule has 2 saturated heterocycles. The minimum absolute atomic E-state index is 0.0380. The summed E-state index contributed by atoms with van der Waals surface area (Å²) in [5.41, 5.74) is -1.37. The van der Waals surface area contributed by atoms with Gasteiger partial charge in [-0.3, -0.25) is 9.59 Å². The number of esters is 1. The van der Waals surface area contributed by atoms with Gasteiger partial charge in [0.05, 0.1) is 12.7 Å². The van der Waals surface area contributed by atoms with Crippen LogP contribution in [0.5, 0.6) is 28.7 Å². The van der Waals surface area contributed by atoms with Crippen molar-refractivity contribution in [3.63, 3.8) is 0 Å². The van der Waals surface area contributed by atoms with E-state index in [4.69, 9.17) is 28.1 Å². The number of carbonyl (C=O) groups is 1. The second kappa shape index (κ2) is 15.4. The molecule has 274 valence electrons. The van der Waals surface area contributed by atoms with Crippen molar-refractivity contribution in [1.82, 2.24) is 0 Å². The van der Waals surface area contributed by atoms with Gasteiger partial charge in [0, 0.05) is 24.1 Å². The van der Waals surface area contributed by atoms with Gasteiger partial charge in [0.15, 0.2) is 29.7 Å². The predicted molar refractivity (Wildman–Crippen MR) is 168 cm³/mol. The highest BCUT2D eigenvalue weighted by molar-refractivity contribution is 5.88. The number of phenolic OH excluding ortho intramolecular Hbond substituents is 4. The van der Waals surface area contributed by atoms with Gasteiger partial charge in [0.25, 0.3) is 0 Å². The molecule has 3 heterocycles. The zero-order valence-electron chi connectivity index (χ0n) is 27.0. The number of aromatic hydroxyl groups is 4. The first-order valence-corrected chi connectivity index (χ1v) is 16.0. The summed E-state index contributed by atoms with van der Waals surface area (Å²) in [5, 5.41) is 93.4. The molecule has 2 aliphatic rings. The Labute approximate surface area is 284 Å². The number of aliphatic hydroxyl groups excluding tert-OH is 5. The molecule has 0 aliphatic carbocycles. The van der Waals surface area contributed by atoms with Gasteiger partial charge in [-0.05, 0) is 31.5 Å². The summed E-state index contributed by atoms with van der Waals surface area (Å²) in [7, 11) is 0. The Balaban J connectivity index is 1.36. The summed E-state index contributed by atoms with van der Waals surface area (Å²) in [6.45, 7) is 2.84. The second-order valence-corrected chi connectivity index (χ2v) is 12.2. The molecule has 2 fully saturated rings. The van der Waals surface area contributed by atoms with Gasteiger partial charge in [-0.2, -0.15) is 0 Å². The van der Waals surface area contributed by atoms with Gasteiger partial charge >= 0.3 is 5.97 Å². The molecule has 0 saturated carbocycles. The van der Waals surface area contributed by atoms with Crippen LogP contribution in [-0.4, -0.2) is 120 Å². The predicted octanol–water partition coefficient (Wildman–Crippen LogP) is 0.444. The van der Waals surface area contributed by atoms with Gasteiger partial charge in [0.2, 0.25) is 17.5 Å². The maximum Gasteiger partial charge on any atom is 0.306 e. The highest BCUT2D eigenvalue weighted by Crippen LogP contribution is 2.39. The van der Waals surface area contributed by atoms with Crippen molar-refractivity contribution in [2.75, 3.05) is 6.61 Å². The van der Waals surface area contributed by atoms with Crippen LogP contribution in [0.3, 0.4) is 0 Å². The quantitative estimate of drug-likeness (QED) is 0.0742. The van der Waals surface area contributed by atoms with Crippen molar-refractivity contribution >= 4 is 16.9 Å². The monoisotopic (exact) mass is 708 g/mol. The van der Waals surface area contributed by atoms with E-state index in [0.29, 0.717) is 6.42 Å². The summed E-state index contributed by atoms with van der Waals surface area (Å²) in [4.78, 5) is 25.9. The van der Waals surface area contributed by atoms with E-state index < -0.39 is 119 Å². The summed E-state index contributed by atoms with van der Waals surface area (Å²) in [5.74, 6) is -3.94. The highest BCUT2D eigenvalue weighted by atomic mass is 16.7. The van der Waals surface area contributed by atoms with Crippen molar-refractivity contribution in [2.45, 2.75) is 101 Å². The molecule has 0 amide bonds. The van der Waals surface area contributed by atoms with Crippen LogP contribution in [0.2, 0.25) is 0 Å². The third kappa shape index (κ3) is 7.59. The van der Waals surface area contributed by atoms with Crippen molar-refractivity contribution in [3.8, 4) is 40.1 Å². The maximum absolute atomic E-state index is 13.7. The van der Waals surface area contributed by atoms with Crippen LogP contribution in [0.1, 0.15) is 39.5 Å². The van der Waals surface area contributed by atoms with Crippen LogP contribution in [0, 0.1) is 0 Å². The molecule has 17 nitrogen and oxygen atoms in total. The fraction of sp³-hybridized carbons (Fsp3) is 0.515. The Morgan fingerprint density at radius 2 is 1.54 bits per heavy atom. The molecule has 10 atom stereocenters.